The fourth-order valence-corrected chi connectivity index (χ4v) is 3.81. The fourth-order valence-electron chi connectivity index (χ4n) is 3.14. The standard InChI is InChI=1S/C25H27BrClNO/c1-19-3-7-21(8-4-19)15-28(16-22-9-5-20(2)6-10-22)17-23(26)18-29-25-13-11-24(27)12-14-25/h3-14,23H,15-18H2,1-2H3. The van der Waals surface area contributed by atoms with Crippen molar-refractivity contribution in [3.8, 4) is 5.75 Å². The Kier molecular flexibility index (Phi) is 8.17. The Balaban J connectivity index is 1.63. The largest absolute Gasteiger partial charge is 0.492 e. The zero-order chi connectivity index (χ0) is 20.6. The Bertz CT molecular complexity index is 831. The average Bonchev–Trinajstić information content (AvgIpc) is 2.71. The zero-order valence-electron chi connectivity index (χ0n) is 16.9. The summed E-state index contributed by atoms with van der Waals surface area (Å²) < 4.78 is 5.92. The molecule has 0 aliphatic carbocycles. The molecule has 0 fully saturated rings. The fraction of sp³-hybridized carbons (Fsp3) is 0.280. The van der Waals surface area contributed by atoms with Gasteiger partial charge in [0.1, 0.15) is 12.4 Å². The third-order valence-electron chi connectivity index (χ3n) is 4.75. The first-order valence-corrected chi connectivity index (χ1v) is 11.1. The number of ether oxygens (including phenoxy) is 1. The van der Waals surface area contributed by atoms with Crippen LogP contribution in [0, 0.1) is 13.8 Å². The first kappa shape index (κ1) is 21.9. The van der Waals surface area contributed by atoms with Crippen LogP contribution in [0.2, 0.25) is 5.02 Å². The van der Waals surface area contributed by atoms with Gasteiger partial charge in [0.25, 0.3) is 0 Å². The number of aryl methyl sites for hydroxylation is 2. The van der Waals surface area contributed by atoms with Crippen LogP contribution in [0.25, 0.3) is 0 Å². The molecule has 0 heterocycles. The van der Waals surface area contributed by atoms with Gasteiger partial charge in [-0.1, -0.05) is 87.2 Å². The molecule has 4 heteroatoms. The summed E-state index contributed by atoms with van der Waals surface area (Å²) in [6.07, 6.45) is 0. The van der Waals surface area contributed by atoms with Crippen molar-refractivity contribution in [1.29, 1.82) is 0 Å². The normalized spacial score (nSPS) is 12.2. The van der Waals surface area contributed by atoms with Gasteiger partial charge in [-0.05, 0) is 49.2 Å². The van der Waals surface area contributed by atoms with E-state index in [4.69, 9.17) is 16.3 Å². The predicted octanol–water partition coefficient (Wildman–Crippen LogP) is 6.80. The SMILES string of the molecule is Cc1ccc(CN(Cc2ccc(C)cc2)CC(Br)COc2ccc(Cl)cc2)cc1. The number of rotatable bonds is 9. The molecule has 0 bridgehead atoms. The highest BCUT2D eigenvalue weighted by Crippen LogP contribution is 2.18. The van der Waals surface area contributed by atoms with E-state index in [1.54, 1.807) is 0 Å². The van der Waals surface area contributed by atoms with Crippen LogP contribution in [-0.4, -0.2) is 22.9 Å². The van der Waals surface area contributed by atoms with Crippen LogP contribution >= 0.6 is 27.5 Å². The summed E-state index contributed by atoms with van der Waals surface area (Å²) in [5.41, 5.74) is 5.21. The minimum atomic E-state index is 0.217. The van der Waals surface area contributed by atoms with E-state index >= 15 is 0 Å². The smallest absolute Gasteiger partial charge is 0.119 e. The summed E-state index contributed by atoms with van der Waals surface area (Å²) in [6, 6.07) is 25.1. The van der Waals surface area contributed by atoms with Gasteiger partial charge in [0, 0.05) is 24.7 Å². The molecule has 0 amide bonds. The molecule has 0 aliphatic heterocycles. The van der Waals surface area contributed by atoms with Gasteiger partial charge < -0.3 is 4.74 Å². The molecular weight excluding hydrogens is 446 g/mol. The average molecular weight is 473 g/mol. The second kappa shape index (κ2) is 10.8. The summed E-state index contributed by atoms with van der Waals surface area (Å²) in [4.78, 5) is 2.68. The Hall–Kier alpha value is -1.81. The van der Waals surface area contributed by atoms with E-state index in [0.29, 0.717) is 6.61 Å². The van der Waals surface area contributed by atoms with Crippen LogP contribution in [-0.2, 0) is 13.1 Å². The Labute approximate surface area is 187 Å². The quantitative estimate of drug-likeness (QED) is 0.317. The van der Waals surface area contributed by atoms with Crippen molar-refractivity contribution in [3.05, 3.63) is 100 Å². The molecule has 3 aromatic rings. The lowest BCUT2D eigenvalue weighted by Gasteiger charge is -2.25. The summed E-state index contributed by atoms with van der Waals surface area (Å²) in [7, 11) is 0. The van der Waals surface area contributed by atoms with E-state index in [-0.39, 0.29) is 4.83 Å². The van der Waals surface area contributed by atoms with Crippen molar-refractivity contribution >= 4 is 27.5 Å². The highest BCUT2D eigenvalue weighted by Gasteiger charge is 2.14. The molecule has 1 atom stereocenters. The highest BCUT2D eigenvalue weighted by molar-refractivity contribution is 9.09. The van der Waals surface area contributed by atoms with Gasteiger partial charge in [0.2, 0.25) is 0 Å². The van der Waals surface area contributed by atoms with Crippen molar-refractivity contribution in [2.24, 2.45) is 0 Å². The minimum absolute atomic E-state index is 0.217. The Morgan fingerprint density at radius 1 is 0.793 bits per heavy atom. The summed E-state index contributed by atoms with van der Waals surface area (Å²) in [5, 5.41) is 0.718. The first-order chi connectivity index (χ1) is 14.0. The summed E-state index contributed by atoms with van der Waals surface area (Å²) >= 11 is 9.75. The molecule has 0 aliphatic rings. The molecule has 152 valence electrons. The van der Waals surface area contributed by atoms with Crippen LogP contribution in [0.3, 0.4) is 0 Å². The maximum Gasteiger partial charge on any atom is 0.119 e. The van der Waals surface area contributed by atoms with Crippen LogP contribution in [0.15, 0.2) is 72.8 Å². The van der Waals surface area contributed by atoms with Gasteiger partial charge in [-0.2, -0.15) is 0 Å². The van der Waals surface area contributed by atoms with Gasteiger partial charge in [-0.15, -0.1) is 0 Å². The van der Waals surface area contributed by atoms with Gasteiger partial charge >= 0.3 is 0 Å². The molecule has 0 spiro atoms. The minimum Gasteiger partial charge on any atom is -0.492 e. The number of hydrogen-bond donors (Lipinski definition) is 0. The number of hydrogen-bond acceptors (Lipinski definition) is 2. The molecule has 29 heavy (non-hydrogen) atoms. The lowest BCUT2D eigenvalue weighted by Crippen LogP contribution is -2.32. The Morgan fingerprint density at radius 2 is 1.28 bits per heavy atom. The van der Waals surface area contributed by atoms with Gasteiger partial charge in [-0.3, -0.25) is 4.90 Å². The zero-order valence-corrected chi connectivity index (χ0v) is 19.3. The van der Waals surface area contributed by atoms with E-state index in [0.717, 1.165) is 30.4 Å². The van der Waals surface area contributed by atoms with Crippen LogP contribution in [0.4, 0.5) is 0 Å². The molecule has 0 N–H and O–H groups in total. The van der Waals surface area contributed by atoms with Crippen molar-refractivity contribution in [1.82, 2.24) is 4.90 Å². The summed E-state index contributed by atoms with van der Waals surface area (Å²) in [5.74, 6) is 0.836. The van der Waals surface area contributed by atoms with Crippen molar-refractivity contribution in [2.45, 2.75) is 31.8 Å². The molecule has 0 saturated heterocycles. The maximum absolute atomic E-state index is 5.95. The molecule has 2 nitrogen and oxygen atoms in total. The third kappa shape index (κ3) is 7.50. The lowest BCUT2D eigenvalue weighted by molar-refractivity contribution is 0.229. The highest BCUT2D eigenvalue weighted by atomic mass is 79.9. The van der Waals surface area contributed by atoms with Crippen LogP contribution in [0.5, 0.6) is 5.75 Å². The summed E-state index contributed by atoms with van der Waals surface area (Å²) in [6.45, 7) is 7.52. The lowest BCUT2D eigenvalue weighted by atomic mass is 10.1. The van der Waals surface area contributed by atoms with Crippen molar-refractivity contribution in [2.75, 3.05) is 13.2 Å². The second-order valence-electron chi connectivity index (χ2n) is 7.50. The van der Waals surface area contributed by atoms with Gasteiger partial charge in [0.15, 0.2) is 0 Å². The second-order valence-corrected chi connectivity index (χ2v) is 9.23. The van der Waals surface area contributed by atoms with Crippen LogP contribution < -0.4 is 4.74 Å². The van der Waals surface area contributed by atoms with E-state index in [1.807, 2.05) is 24.3 Å². The predicted molar refractivity (Wildman–Crippen MR) is 126 cm³/mol. The molecule has 0 saturated carbocycles. The molecule has 0 radical (unpaired) electrons. The van der Waals surface area contributed by atoms with E-state index in [2.05, 4.69) is 83.2 Å². The molecular formula is C25H27BrClNO. The van der Waals surface area contributed by atoms with Crippen molar-refractivity contribution < 1.29 is 4.74 Å². The number of halogens is 2. The molecule has 3 rings (SSSR count). The first-order valence-electron chi connectivity index (χ1n) is 9.84. The van der Waals surface area contributed by atoms with E-state index in [1.165, 1.54) is 22.3 Å². The van der Waals surface area contributed by atoms with Crippen molar-refractivity contribution in [3.63, 3.8) is 0 Å². The van der Waals surface area contributed by atoms with Crippen LogP contribution in [0.1, 0.15) is 22.3 Å². The monoisotopic (exact) mass is 471 g/mol. The maximum atomic E-state index is 5.95. The number of alkyl halides is 1. The Morgan fingerprint density at radius 3 is 1.76 bits per heavy atom. The third-order valence-corrected chi connectivity index (χ3v) is 5.56. The molecule has 1 unspecified atom stereocenters. The molecule has 0 aromatic heterocycles. The molecule has 3 aromatic carbocycles. The number of benzene rings is 3. The van der Waals surface area contributed by atoms with Gasteiger partial charge in [-0.25, -0.2) is 0 Å². The van der Waals surface area contributed by atoms with E-state index < -0.39 is 0 Å². The number of nitrogens with zero attached hydrogens (tertiary/aromatic N) is 1. The topological polar surface area (TPSA) is 12.5 Å². The van der Waals surface area contributed by atoms with E-state index in [9.17, 15) is 0 Å². The van der Waals surface area contributed by atoms with Gasteiger partial charge in [0.05, 0.1) is 4.83 Å².